The molecule has 3 N–H and O–H groups in total. The maximum absolute atomic E-state index is 12.0. The van der Waals surface area contributed by atoms with Gasteiger partial charge in [-0.2, -0.15) is 0 Å². The van der Waals surface area contributed by atoms with Gasteiger partial charge in [0.15, 0.2) is 0 Å². The molecule has 8 nitrogen and oxygen atoms in total. The van der Waals surface area contributed by atoms with Crippen LogP contribution in [-0.2, 0) is 4.79 Å². The van der Waals surface area contributed by atoms with Gasteiger partial charge in [-0.3, -0.25) is 14.9 Å². The van der Waals surface area contributed by atoms with Crippen molar-refractivity contribution in [2.45, 2.75) is 57.9 Å². The van der Waals surface area contributed by atoms with Gasteiger partial charge in [-0.05, 0) is 32.3 Å². The second-order valence-electron chi connectivity index (χ2n) is 6.59. The van der Waals surface area contributed by atoms with Crippen molar-refractivity contribution in [3.05, 3.63) is 33.9 Å². The second kappa shape index (κ2) is 9.74. The van der Waals surface area contributed by atoms with Gasteiger partial charge in [0.1, 0.15) is 0 Å². The molecule has 0 atom stereocenters. The fourth-order valence-corrected chi connectivity index (χ4v) is 3.10. The molecule has 0 heterocycles. The Morgan fingerprint density at radius 1 is 1.23 bits per heavy atom. The highest BCUT2D eigenvalue weighted by molar-refractivity contribution is 5.92. The predicted octanol–water partition coefficient (Wildman–Crippen LogP) is 3.25. The van der Waals surface area contributed by atoms with Gasteiger partial charge < -0.3 is 16.0 Å². The second-order valence-corrected chi connectivity index (χ2v) is 6.59. The highest BCUT2D eigenvalue weighted by Gasteiger charge is 2.16. The first-order chi connectivity index (χ1) is 12.5. The van der Waals surface area contributed by atoms with E-state index >= 15 is 0 Å². The van der Waals surface area contributed by atoms with Gasteiger partial charge in [0.2, 0.25) is 5.91 Å². The Bertz CT molecular complexity index is 657. The summed E-state index contributed by atoms with van der Waals surface area (Å²) in [5, 5.41) is 19.3. The lowest BCUT2D eigenvalue weighted by molar-refractivity contribution is -0.385. The van der Waals surface area contributed by atoms with Gasteiger partial charge in [0.25, 0.3) is 5.69 Å². The molecular formula is C18H26N4O4. The molecule has 142 valence electrons. The smallest absolute Gasteiger partial charge is 0.315 e. The summed E-state index contributed by atoms with van der Waals surface area (Å²) in [4.78, 5) is 34.3. The first-order valence-electron chi connectivity index (χ1n) is 9.05. The highest BCUT2D eigenvalue weighted by Crippen LogP contribution is 2.25. The van der Waals surface area contributed by atoms with Crippen molar-refractivity contribution in [1.29, 1.82) is 0 Å². The van der Waals surface area contributed by atoms with E-state index in [0.717, 1.165) is 25.7 Å². The van der Waals surface area contributed by atoms with E-state index in [-0.39, 0.29) is 30.1 Å². The number of nitrogens with zero attached hydrogens (tertiary/aromatic N) is 1. The number of urea groups is 1. The van der Waals surface area contributed by atoms with Crippen molar-refractivity contribution < 1.29 is 14.5 Å². The lowest BCUT2D eigenvalue weighted by Gasteiger charge is -2.22. The van der Waals surface area contributed by atoms with E-state index in [2.05, 4.69) is 16.0 Å². The zero-order valence-electron chi connectivity index (χ0n) is 15.0. The van der Waals surface area contributed by atoms with E-state index in [9.17, 15) is 19.7 Å². The summed E-state index contributed by atoms with van der Waals surface area (Å²) in [5.74, 6) is -0.233. The maximum atomic E-state index is 12.0. The Hall–Kier alpha value is -2.64. The molecule has 1 aliphatic carbocycles. The Kier molecular flexibility index (Phi) is 7.37. The van der Waals surface area contributed by atoms with Gasteiger partial charge >= 0.3 is 6.03 Å². The minimum atomic E-state index is -0.472. The van der Waals surface area contributed by atoms with Gasteiger partial charge in [0, 0.05) is 25.1 Å². The Labute approximate surface area is 152 Å². The van der Waals surface area contributed by atoms with Crippen LogP contribution in [0.5, 0.6) is 0 Å². The van der Waals surface area contributed by atoms with E-state index in [1.807, 2.05) is 0 Å². The summed E-state index contributed by atoms with van der Waals surface area (Å²) >= 11 is 0. The van der Waals surface area contributed by atoms with E-state index in [1.165, 1.54) is 18.6 Å². The predicted molar refractivity (Wildman–Crippen MR) is 99.1 cm³/mol. The molecule has 8 heteroatoms. The summed E-state index contributed by atoms with van der Waals surface area (Å²) in [5.41, 5.74) is 0.840. The monoisotopic (exact) mass is 362 g/mol. The van der Waals surface area contributed by atoms with Crippen LogP contribution >= 0.6 is 0 Å². The fourth-order valence-electron chi connectivity index (χ4n) is 3.10. The topological polar surface area (TPSA) is 113 Å². The van der Waals surface area contributed by atoms with Crippen LogP contribution in [-0.4, -0.2) is 29.4 Å². The van der Waals surface area contributed by atoms with Crippen LogP contribution in [0.4, 0.5) is 16.2 Å². The number of benzene rings is 1. The SMILES string of the molecule is Cc1c(NC(=O)CCCNC(=O)NC2CCCCC2)cccc1[N+](=O)[O-]. The number of carbonyl (C=O) groups is 2. The van der Waals surface area contributed by atoms with E-state index in [4.69, 9.17) is 0 Å². The third-order valence-electron chi connectivity index (χ3n) is 4.58. The van der Waals surface area contributed by atoms with Crippen molar-refractivity contribution in [1.82, 2.24) is 10.6 Å². The summed E-state index contributed by atoms with van der Waals surface area (Å²) in [6.45, 7) is 2.00. The zero-order chi connectivity index (χ0) is 18.9. The number of nitro benzene ring substituents is 1. The number of hydrogen-bond acceptors (Lipinski definition) is 4. The minimum absolute atomic E-state index is 0.0242. The van der Waals surface area contributed by atoms with Gasteiger partial charge in [0.05, 0.1) is 16.2 Å². The van der Waals surface area contributed by atoms with Crippen LogP contribution in [0.15, 0.2) is 18.2 Å². The number of rotatable bonds is 7. The lowest BCUT2D eigenvalue weighted by atomic mass is 9.96. The largest absolute Gasteiger partial charge is 0.338 e. The van der Waals surface area contributed by atoms with Crippen molar-refractivity contribution in [3.63, 3.8) is 0 Å². The number of nitrogens with one attached hydrogen (secondary N) is 3. The number of hydrogen-bond donors (Lipinski definition) is 3. The first-order valence-corrected chi connectivity index (χ1v) is 9.05. The van der Waals surface area contributed by atoms with Crippen molar-refractivity contribution in [2.24, 2.45) is 0 Å². The molecule has 0 aromatic heterocycles. The molecular weight excluding hydrogens is 336 g/mol. The third-order valence-corrected chi connectivity index (χ3v) is 4.58. The lowest BCUT2D eigenvalue weighted by Crippen LogP contribution is -2.43. The summed E-state index contributed by atoms with van der Waals surface area (Å²) in [7, 11) is 0. The van der Waals surface area contributed by atoms with Crippen molar-refractivity contribution >= 4 is 23.3 Å². The highest BCUT2D eigenvalue weighted by atomic mass is 16.6. The first kappa shape index (κ1) is 19.7. The van der Waals surface area contributed by atoms with Crippen LogP contribution in [0, 0.1) is 17.0 Å². The molecule has 26 heavy (non-hydrogen) atoms. The average molecular weight is 362 g/mol. The van der Waals surface area contributed by atoms with Crippen LogP contribution in [0.1, 0.15) is 50.5 Å². The maximum Gasteiger partial charge on any atom is 0.315 e. The molecule has 1 saturated carbocycles. The van der Waals surface area contributed by atoms with Gasteiger partial charge in [-0.25, -0.2) is 4.79 Å². The van der Waals surface area contributed by atoms with Crippen molar-refractivity contribution in [3.8, 4) is 0 Å². The van der Waals surface area contributed by atoms with Crippen molar-refractivity contribution in [2.75, 3.05) is 11.9 Å². The quantitative estimate of drug-likeness (QED) is 0.392. The molecule has 0 saturated heterocycles. The molecule has 0 spiro atoms. The molecule has 3 amide bonds. The summed E-state index contributed by atoms with van der Waals surface area (Å²) in [6, 6.07) is 4.64. The molecule has 0 aliphatic heterocycles. The molecule has 0 bridgehead atoms. The minimum Gasteiger partial charge on any atom is -0.338 e. The Morgan fingerprint density at radius 3 is 2.65 bits per heavy atom. The third kappa shape index (κ3) is 6.02. The average Bonchev–Trinajstić information content (AvgIpc) is 2.61. The summed E-state index contributed by atoms with van der Waals surface area (Å²) < 4.78 is 0. The zero-order valence-corrected chi connectivity index (χ0v) is 15.0. The Morgan fingerprint density at radius 2 is 1.96 bits per heavy atom. The number of amides is 3. The fraction of sp³-hybridized carbons (Fsp3) is 0.556. The molecule has 2 rings (SSSR count). The molecule has 1 fully saturated rings. The van der Waals surface area contributed by atoms with Gasteiger partial charge in [-0.1, -0.05) is 25.3 Å². The van der Waals surface area contributed by atoms with Crippen LogP contribution in [0.2, 0.25) is 0 Å². The number of nitro groups is 1. The van der Waals surface area contributed by atoms with E-state index < -0.39 is 4.92 Å². The molecule has 0 radical (unpaired) electrons. The number of carbonyl (C=O) groups excluding carboxylic acids is 2. The van der Waals surface area contributed by atoms with Gasteiger partial charge in [-0.15, -0.1) is 0 Å². The molecule has 0 unspecified atom stereocenters. The number of anilines is 1. The molecule has 1 aromatic carbocycles. The van der Waals surface area contributed by atoms with E-state index in [1.54, 1.807) is 13.0 Å². The standard InChI is InChI=1S/C18H26N4O4/c1-13-15(9-5-10-16(13)22(25)26)21-17(23)11-6-12-19-18(24)20-14-7-3-2-4-8-14/h5,9-10,14H,2-4,6-8,11-12H2,1H3,(H,21,23)(H2,19,20,24). The van der Waals surface area contributed by atoms with Crippen LogP contribution in [0.25, 0.3) is 0 Å². The van der Waals surface area contributed by atoms with Crippen LogP contribution < -0.4 is 16.0 Å². The molecule has 1 aliphatic rings. The normalized spacial score (nSPS) is 14.5. The van der Waals surface area contributed by atoms with E-state index in [0.29, 0.717) is 24.2 Å². The Balaban J connectivity index is 1.68. The molecule has 1 aromatic rings. The van der Waals surface area contributed by atoms with Crippen LogP contribution in [0.3, 0.4) is 0 Å². The summed E-state index contributed by atoms with van der Waals surface area (Å²) in [6.07, 6.45) is 6.32.